The largest absolute Gasteiger partial charge is 0.455 e. The lowest BCUT2D eigenvalue weighted by Crippen LogP contribution is -1.94. The number of benzene rings is 2. The SMILES string of the molecule is Nc1c(Oc2cc(Cl)cc(Cl)c2)ccc2ncccc12. The Hall–Kier alpha value is -1.97. The van der Waals surface area contributed by atoms with Crippen LogP contribution in [0.4, 0.5) is 5.69 Å². The lowest BCUT2D eigenvalue weighted by molar-refractivity contribution is 0.486. The fourth-order valence-corrected chi connectivity index (χ4v) is 2.46. The molecule has 0 bridgehead atoms. The molecule has 0 aliphatic rings. The van der Waals surface area contributed by atoms with E-state index < -0.39 is 0 Å². The number of nitrogens with zero attached hydrogens (tertiary/aromatic N) is 1. The van der Waals surface area contributed by atoms with Gasteiger partial charge in [-0.3, -0.25) is 4.98 Å². The van der Waals surface area contributed by atoms with E-state index in [0.717, 1.165) is 10.9 Å². The molecule has 0 fully saturated rings. The monoisotopic (exact) mass is 304 g/mol. The summed E-state index contributed by atoms with van der Waals surface area (Å²) < 4.78 is 5.76. The quantitative estimate of drug-likeness (QED) is 0.684. The van der Waals surface area contributed by atoms with Crippen molar-refractivity contribution in [2.75, 3.05) is 5.73 Å². The van der Waals surface area contributed by atoms with Gasteiger partial charge in [0.25, 0.3) is 0 Å². The van der Waals surface area contributed by atoms with E-state index in [1.54, 1.807) is 30.5 Å². The number of hydrogen-bond acceptors (Lipinski definition) is 3. The Kier molecular flexibility index (Phi) is 3.38. The van der Waals surface area contributed by atoms with Crippen molar-refractivity contribution in [3.8, 4) is 11.5 Å². The molecule has 0 saturated carbocycles. The van der Waals surface area contributed by atoms with Gasteiger partial charge in [-0.15, -0.1) is 0 Å². The predicted molar refractivity (Wildman–Crippen MR) is 82.7 cm³/mol. The summed E-state index contributed by atoms with van der Waals surface area (Å²) in [6, 6.07) is 12.4. The summed E-state index contributed by atoms with van der Waals surface area (Å²) in [5, 5.41) is 1.86. The summed E-state index contributed by atoms with van der Waals surface area (Å²) in [6.07, 6.45) is 1.72. The van der Waals surface area contributed by atoms with Crippen LogP contribution in [0.3, 0.4) is 0 Å². The van der Waals surface area contributed by atoms with E-state index in [2.05, 4.69) is 4.98 Å². The minimum absolute atomic E-state index is 0.508. The molecule has 0 atom stereocenters. The van der Waals surface area contributed by atoms with Crippen molar-refractivity contribution in [2.24, 2.45) is 0 Å². The Bertz CT molecular complexity index is 770. The molecule has 0 spiro atoms. The number of halogens is 2. The molecule has 100 valence electrons. The van der Waals surface area contributed by atoms with Crippen molar-refractivity contribution in [1.82, 2.24) is 4.98 Å². The first kappa shape index (κ1) is 13.0. The Morgan fingerprint density at radius 1 is 1.00 bits per heavy atom. The molecule has 3 nitrogen and oxygen atoms in total. The van der Waals surface area contributed by atoms with Crippen LogP contribution in [-0.4, -0.2) is 4.98 Å². The smallest absolute Gasteiger partial charge is 0.151 e. The molecule has 5 heteroatoms. The van der Waals surface area contributed by atoms with Gasteiger partial charge in [-0.25, -0.2) is 0 Å². The topological polar surface area (TPSA) is 48.1 Å². The summed E-state index contributed by atoms with van der Waals surface area (Å²) in [6.45, 7) is 0. The summed E-state index contributed by atoms with van der Waals surface area (Å²) in [7, 11) is 0. The molecule has 0 unspecified atom stereocenters. The Balaban J connectivity index is 2.04. The Morgan fingerprint density at radius 3 is 2.50 bits per heavy atom. The highest BCUT2D eigenvalue weighted by molar-refractivity contribution is 6.34. The zero-order valence-corrected chi connectivity index (χ0v) is 11.8. The minimum Gasteiger partial charge on any atom is -0.455 e. The molecule has 1 aromatic heterocycles. The normalized spacial score (nSPS) is 10.7. The van der Waals surface area contributed by atoms with Crippen LogP contribution in [0.25, 0.3) is 10.9 Å². The molecular weight excluding hydrogens is 295 g/mol. The maximum absolute atomic E-state index is 6.11. The van der Waals surface area contributed by atoms with Crippen LogP contribution in [0.1, 0.15) is 0 Å². The molecule has 0 amide bonds. The van der Waals surface area contributed by atoms with Crippen LogP contribution in [0.2, 0.25) is 10.0 Å². The third-order valence-corrected chi connectivity index (χ3v) is 3.29. The third-order valence-electron chi connectivity index (χ3n) is 2.85. The van der Waals surface area contributed by atoms with E-state index in [4.69, 9.17) is 33.7 Å². The number of rotatable bonds is 2. The van der Waals surface area contributed by atoms with Crippen LogP contribution in [0.5, 0.6) is 11.5 Å². The van der Waals surface area contributed by atoms with E-state index in [-0.39, 0.29) is 0 Å². The van der Waals surface area contributed by atoms with Crippen molar-refractivity contribution in [3.05, 3.63) is 58.7 Å². The van der Waals surface area contributed by atoms with Crippen LogP contribution in [-0.2, 0) is 0 Å². The van der Waals surface area contributed by atoms with Crippen molar-refractivity contribution >= 4 is 39.8 Å². The number of aromatic nitrogens is 1. The molecule has 0 aliphatic heterocycles. The minimum atomic E-state index is 0.508. The second-order valence-corrected chi connectivity index (χ2v) is 5.13. The zero-order valence-electron chi connectivity index (χ0n) is 10.3. The van der Waals surface area contributed by atoms with Gasteiger partial charge in [0.2, 0.25) is 0 Å². The van der Waals surface area contributed by atoms with Gasteiger partial charge >= 0.3 is 0 Å². The molecule has 2 aromatic carbocycles. The molecule has 2 N–H and O–H groups in total. The fourth-order valence-electron chi connectivity index (χ4n) is 1.96. The highest BCUT2D eigenvalue weighted by Gasteiger charge is 2.08. The first-order chi connectivity index (χ1) is 9.63. The summed E-state index contributed by atoms with van der Waals surface area (Å²) in [5.41, 5.74) is 7.47. The standard InChI is InChI=1S/C15H10Cl2N2O/c16-9-6-10(17)8-11(7-9)20-14-4-3-13-12(15(14)18)2-1-5-19-13/h1-8H,18H2. The predicted octanol–water partition coefficient (Wildman–Crippen LogP) is 4.92. The second kappa shape index (κ2) is 5.19. The maximum atomic E-state index is 6.11. The van der Waals surface area contributed by atoms with Gasteiger partial charge in [0, 0.05) is 21.6 Å². The lowest BCUT2D eigenvalue weighted by atomic mass is 10.1. The van der Waals surface area contributed by atoms with Crippen molar-refractivity contribution in [3.63, 3.8) is 0 Å². The van der Waals surface area contributed by atoms with Gasteiger partial charge in [-0.1, -0.05) is 23.2 Å². The number of nitrogens with two attached hydrogens (primary N) is 1. The molecule has 0 radical (unpaired) electrons. The second-order valence-electron chi connectivity index (χ2n) is 4.25. The van der Waals surface area contributed by atoms with Gasteiger partial charge < -0.3 is 10.5 Å². The van der Waals surface area contributed by atoms with Crippen molar-refractivity contribution < 1.29 is 4.74 Å². The highest BCUT2D eigenvalue weighted by atomic mass is 35.5. The van der Waals surface area contributed by atoms with E-state index >= 15 is 0 Å². The van der Waals surface area contributed by atoms with E-state index in [1.165, 1.54) is 0 Å². The molecule has 0 aliphatic carbocycles. The van der Waals surface area contributed by atoms with Crippen molar-refractivity contribution in [1.29, 1.82) is 0 Å². The van der Waals surface area contributed by atoms with Gasteiger partial charge in [-0.2, -0.15) is 0 Å². The van der Waals surface area contributed by atoms with Gasteiger partial charge in [0.1, 0.15) is 5.75 Å². The first-order valence-electron chi connectivity index (χ1n) is 5.90. The molecule has 3 rings (SSSR count). The number of fused-ring (bicyclic) bond motifs is 1. The maximum Gasteiger partial charge on any atom is 0.151 e. The Labute approximate surface area is 125 Å². The lowest BCUT2D eigenvalue weighted by Gasteiger charge is -2.11. The first-order valence-corrected chi connectivity index (χ1v) is 6.66. The Morgan fingerprint density at radius 2 is 1.75 bits per heavy atom. The molecular formula is C15H10Cl2N2O. The number of pyridine rings is 1. The van der Waals surface area contributed by atoms with Crippen LogP contribution < -0.4 is 10.5 Å². The fraction of sp³-hybridized carbons (Fsp3) is 0. The summed E-state index contributed by atoms with van der Waals surface area (Å²) in [4.78, 5) is 4.24. The average molecular weight is 305 g/mol. The number of nitrogen functional groups attached to an aromatic ring is 1. The van der Waals surface area contributed by atoms with Crippen molar-refractivity contribution in [2.45, 2.75) is 0 Å². The summed E-state index contributed by atoms with van der Waals surface area (Å²) in [5.74, 6) is 1.08. The number of hydrogen-bond donors (Lipinski definition) is 1. The van der Waals surface area contributed by atoms with Gasteiger partial charge in [0.05, 0.1) is 11.2 Å². The van der Waals surface area contributed by atoms with Crippen LogP contribution in [0.15, 0.2) is 48.7 Å². The third kappa shape index (κ3) is 2.50. The molecule has 0 saturated heterocycles. The average Bonchev–Trinajstić information content (AvgIpc) is 2.41. The highest BCUT2D eigenvalue weighted by Crippen LogP contribution is 2.34. The number of ether oxygens (including phenoxy) is 1. The number of anilines is 1. The van der Waals surface area contributed by atoms with E-state index in [0.29, 0.717) is 27.2 Å². The molecule has 3 aromatic rings. The van der Waals surface area contributed by atoms with Crippen LogP contribution >= 0.6 is 23.2 Å². The van der Waals surface area contributed by atoms with E-state index in [9.17, 15) is 0 Å². The zero-order chi connectivity index (χ0) is 14.1. The van der Waals surface area contributed by atoms with Gasteiger partial charge in [-0.05, 0) is 42.5 Å². The van der Waals surface area contributed by atoms with Crippen LogP contribution in [0, 0.1) is 0 Å². The van der Waals surface area contributed by atoms with Gasteiger partial charge in [0.15, 0.2) is 5.75 Å². The molecule has 20 heavy (non-hydrogen) atoms. The summed E-state index contributed by atoms with van der Waals surface area (Å²) >= 11 is 11.9. The van der Waals surface area contributed by atoms with E-state index in [1.807, 2.05) is 18.2 Å². The molecule has 1 heterocycles.